The molecular formula is C20H28IN3O2. The molecule has 6 heteroatoms. The van der Waals surface area contributed by atoms with E-state index in [9.17, 15) is 0 Å². The van der Waals surface area contributed by atoms with Gasteiger partial charge in [-0.25, -0.2) is 0 Å². The van der Waals surface area contributed by atoms with Gasteiger partial charge >= 0.3 is 0 Å². The molecule has 0 saturated carbocycles. The van der Waals surface area contributed by atoms with Crippen LogP contribution < -0.4 is 20.1 Å². The predicted molar refractivity (Wildman–Crippen MR) is 118 cm³/mol. The van der Waals surface area contributed by atoms with Gasteiger partial charge in [0.15, 0.2) is 5.96 Å². The van der Waals surface area contributed by atoms with E-state index in [2.05, 4.69) is 27.8 Å². The Morgan fingerprint density at radius 2 is 1.81 bits per heavy atom. The van der Waals surface area contributed by atoms with Crippen LogP contribution in [-0.2, 0) is 13.0 Å². The number of ether oxygens (including phenoxy) is 2. The number of aliphatic imine (C=N–C) groups is 1. The molecule has 0 radical (unpaired) electrons. The monoisotopic (exact) mass is 469 g/mol. The minimum Gasteiger partial charge on any atom is -0.497 e. The first-order valence-corrected chi connectivity index (χ1v) is 8.46. The zero-order chi connectivity index (χ0) is 17.9. The Morgan fingerprint density at radius 1 is 1.00 bits per heavy atom. The summed E-state index contributed by atoms with van der Waals surface area (Å²) in [6.45, 7) is 1.52. The molecular weight excluding hydrogens is 441 g/mol. The maximum absolute atomic E-state index is 5.37. The van der Waals surface area contributed by atoms with Gasteiger partial charge < -0.3 is 20.1 Å². The van der Waals surface area contributed by atoms with Gasteiger partial charge in [0.05, 0.1) is 14.2 Å². The standard InChI is InChI=1S/C20H27N3O2.HI/c1-21-20(23-15-17-10-4-5-12-19(17)25-3)22-13-7-9-16-8-6-11-18(14-16)24-2;/h4-6,8,10-12,14H,7,9,13,15H2,1-3H3,(H2,21,22,23);1H. The number of nitrogens with one attached hydrogen (secondary N) is 2. The number of methoxy groups -OCH3 is 2. The van der Waals surface area contributed by atoms with Crippen molar-refractivity contribution in [3.63, 3.8) is 0 Å². The topological polar surface area (TPSA) is 54.9 Å². The van der Waals surface area contributed by atoms with Crippen molar-refractivity contribution in [1.29, 1.82) is 0 Å². The average Bonchev–Trinajstić information content (AvgIpc) is 2.67. The number of rotatable bonds is 8. The quantitative estimate of drug-likeness (QED) is 0.269. The molecule has 0 aliphatic rings. The van der Waals surface area contributed by atoms with Crippen LogP contribution in [0.5, 0.6) is 11.5 Å². The van der Waals surface area contributed by atoms with Gasteiger partial charge in [-0.15, -0.1) is 24.0 Å². The lowest BCUT2D eigenvalue weighted by Crippen LogP contribution is -2.37. The highest BCUT2D eigenvalue weighted by Gasteiger charge is 2.03. The van der Waals surface area contributed by atoms with Crippen LogP contribution in [0, 0.1) is 0 Å². The van der Waals surface area contributed by atoms with Gasteiger partial charge in [0.1, 0.15) is 11.5 Å². The Balaban J connectivity index is 0.00000338. The number of para-hydroxylation sites is 1. The second kappa shape index (κ2) is 12.4. The summed E-state index contributed by atoms with van der Waals surface area (Å²) >= 11 is 0. The van der Waals surface area contributed by atoms with E-state index in [4.69, 9.17) is 9.47 Å². The molecule has 0 heterocycles. The van der Waals surface area contributed by atoms with Gasteiger partial charge in [-0.05, 0) is 36.6 Å². The van der Waals surface area contributed by atoms with E-state index < -0.39 is 0 Å². The smallest absolute Gasteiger partial charge is 0.191 e. The lowest BCUT2D eigenvalue weighted by Gasteiger charge is -2.13. The maximum Gasteiger partial charge on any atom is 0.191 e. The highest BCUT2D eigenvalue weighted by atomic mass is 127. The van der Waals surface area contributed by atoms with Crippen LogP contribution in [0.3, 0.4) is 0 Å². The Labute approximate surface area is 173 Å². The third kappa shape index (κ3) is 7.11. The molecule has 0 aliphatic carbocycles. The number of hydrogen-bond acceptors (Lipinski definition) is 3. The molecule has 0 bridgehead atoms. The summed E-state index contributed by atoms with van der Waals surface area (Å²) < 4.78 is 10.6. The molecule has 2 aromatic carbocycles. The van der Waals surface area contributed by atoms with E-state index in [0.717, 1.165) is 42.4 Å². The van der Waals surface area contributed by atoms with Gasteiger partial charge in [0.25, 0.3) is 0 Å². The summed E-state index contributed by atoms with van der Waals surface area (Å²) in [4.78, 5) is 4.26. The third-order valence-electron chi connectivity index (χ3n) is 3.93. The minimum absolute atomic E-state index is 0. The van der Waals surface area contributed by atoms with E-state index in [1.807, 2.05) is 36.4 Å². The summed E-state index contributed by atoms with van der Waals surface area (Å²) in [5, 5.41) is 6.66. The van der Waals surface area contributed by atoms with Crippen LogP contribution in [0.25, 0.3) is 0 Å². The van der Waals surface area contributed by atoms with E-state index in [1.165, 1.54) is 5.56 Å². The Bertz CT molecular complexity index is 692. The van der Waals surface area contributed by atoms with Crippen LogP contribution in [-0.4, -0.2) is 33.8 Å². The number of benzene rings is 2. The van der Waals surface area contributed by atoms with Crippen molar-refractivity contribution in [3.05, 3.63) is 59.7 Å². The van der Waals surface area contributed by atoms with Crippen molar-refractivity contribution in [1.82, 2.24) is 10.6 Å². The highest BCUT2D eigenvalue weighted by Crippen LogP contribution is 2.16. The zero-order valence-corrected chi connectivity index (χ0v) is 17.9. The SMILES string of the molecule is CN=C(NCCCc1cccc(OC)c1)NCc1ccccc1OC.I. The minimum atomic E-state index is 0. The van der Waals surface area contributed by atoms with Crippen molar-refractivity contribution < 1.29 is 9.47 Å². The van der Waals surface area contributed by atoms with E-state index >= 15 is 0 Å². The molecule has 2 N–H and O–H groups in total. The Morgan fingerprint density at radius 3 is 2.54 bits per heavy atom. The summed E-state index contributed by atoms with van der Waals surface area (Å²) in [7, 11) is 5.15. The number of hydrogen-bond donors (Lipinski definition) is 2. The van der Waals surface area contributed by atoms with Crippen molar-refractivity contribution >= 4 is 29.9 Å². The number of nitrogens with zero attached hydrogens (tertiary/aromatic N) is 1. The first kappa shape index (κ1) is 22.1. The predicted octanol–water partition coefficient (Wildman–Crippen LogP) is 3.62. The molecule has 2 rings (SSSR count). The lowest BCUT2D eigenvalue weighted by atomic mass is 10.1. The summed E-state index contributed by atoms with van der Waals surface area (Å²) in [6.07, 6.45) is 2.01. The van der Waals surface area contributed by atoms with E-state index in [0.29, 0.717) is 6.54 Å². The molecule has 0 unspecified atom stereocenters. The lowest BCUT2D eigenvalue weighted by molar-refractivity contribution is 0.409. The maximum atomic E-state index is 5.37. The molecule has 0 amide bonds. The summed E-state index contributed by atoms with van der Waals surface area (Å²) in [5.41, 5.74) is 2.38. The van der Waals surface area contributed by atoms with Crippen LogP contribution in [0.1, 0.15) is 17.5 Å². The average molecular weight is 469 g/mol. The first-order valence-electron chi connectivity index (χ1n) is 8.46. The van der Waals surface area contributed by atoms with E-state index in [1.54, 1.807) is 21.3 Å². The zero-order valence-electron chi connectivity index (χ0n) is 15.6. The Kier molecular flexibility index (Phi) is 10.5. The summed E-state index contributed by atoms with van der Waals surface area (Å²) in [6, 6.07) is 16.2. The second-order valence-electron chi connectivity index (χ2n) is 5.62. The molecule has 0 fully saturated rings. The first-order chi connectivity index (χ1) is 12.3. The van der Waals surface area contributed by atoms with E-state index in [-0.39, 0.29) is 24.0 Å². The van der Waals surface area contributed by atoms with Gasteiger partial charge in [-0.2, -0.15) is 0 Å². The fraction of sp³-hybridized carbons (Fsp3) is 0.350. The van der Waals surface area contributed by atoms with Crippen molar-refractivity contribution in [2.24, 2.45) is 4.99 Å². The molecule has 0 atom stereocenters. The molecule has 2 aromatic rings. The largest absolute Gasteiger partial charge is 0.497 e. The van der Waals surface area contributed by atoms with Gasteiger partial charge in [-0.1, -0.05) is 30.3 Å². The van der Waals surface area contributed by atoms with Crippen molar-refractivity contribution in [2.45, 2.75) is 19.4 Å². The van der Waals surface area contributed by atoms with Crippen LogP contribution in [0.15, 0.2) is 53.5 Å². The molecule has 26 heavy (non-hydrogen) atoms. The highest BCUT2D eigenvalue weighted by molar-refractivity contribution is 14.0. The molecule has 0 saturated heterocycles. The fourth-order valence-electron chi connectivity index (χ4n) is 2.58. The molecule has 0 aliphatic heterocycles. The third-order valence-corrected chi connectivity index (χ3v) is 3.93. The number of aryl methyl sites for hydroxylation is 1. The molecule has 5 nitrogen and oxygen atoms in total. The second-order valence-corrected chi connectivity index (χ2v) is 5.62. The molecule has 0 spiro atoms. The fourth-order valence-corrected chi connectivity index (χ4v) is 2.58. The van der Waals surface area contributed by atoms with Gasteiger partial charge in [0, 0.05) is 25.7 Å². The summed E-state index contributed by atoms with van der Waals surface area (Å²) in [5.74, 6) is 2.57. The van der Waals surface area contributed by atoms with Gasteiger partial charge in [0.2, 0.25) is 0 Å². The number of halogens is 1. The molecule has 0 aromatic heterocycles. The van der Waals surface area contributed by atoms with Crippen molar-refractivity contribution in [3.8, 4) is 11.5 Å². The van der Waals surface area contributed by atoms with Crippen LogP contribution in [0.2, 0.25) is 0 Å². The normalized spacial score (nSPS) is 10.7. The molecule has 142 valence electrons. The van der Waals surface area contributed by atoms with Crippen LogP contribution in [0.4, 0.5) is 0 Å². The Hall–Kier alpha value is -1.96. The van der Waals surface area contributed by atoms with Crippen molar-refractivity contribution in [2.75, 3.05) is 27.8 Å². The number of guanidine groups is 1. The van der Waals surface area contributed by atoms with Crippen LogP contribution >= 0.6 is 24.0 Å². The van der Waals surface area contributed by atoms with Gasteiger partial charge in [-0.3, -0.25) is 4.99 Å².